The molecule has 2 unspecified atom stereocenters. The zero-order chi connectivity index (χ0) is 9.97. The van der Waals surface area contributed by atoms with Crippen LogP contribution in [0.1, 0.15) is 24.4 Å². The van der Waals surface area contributed by atoms with Gasteiger partial charge in [0, 0.05) is 11.1 Å². The molecule has 1 heterocycles. The van der Waals surface area contributed by atoms with Gasteiger partial charge in [0.1, 0.15) is 6.17 Å². The average Bonchev–Trinajstić information content (AvgIpc) is 2.18. The Bertz CT molecular complexity index is 319. The van der Waals surface area contributed by atoms with Crippen LogP contribution >= 0.6 is 24.0 Å². The summed E-state index contributed by atoms with van der Waals surface area (Å²) in [7, 11) is 0. The van der Waals surface area contributed by atoms with Gasteiger partial charge in [-0.25, -0.2) is 4.39 Å². The van der Waals surface area contributed by atoms with Gasteiger partial charge in [-0.05, 0) is 31.0 Å². The van der Waals surface area contributed by atoms with Crippen LogP contribution in [0.5, 0.6) is 0 Å². The Hall–Kier alpha value is -0.310. The lowest BCUT2D eigenvalue weighted by atomic mass is 9.96. The first-order valence-electron chi connectivity index (χ1n) is 4.89. The number of piperidine rings is 1. The maximum atomic E-state index is 13.2. The third-order valence-corrected chi connectivity index (χ3v) is 2.96. The van der Waals surface area contributed by atoms with E-state index in [1.807, 2.05) is 24.3 Å². The highest BCUT2D eigenvalue weighted by molar-refractivity contribution is 6.31. The molecule has 1 aliphatic heterocycles. The van der Waals surface area contributed by atoms with Crippen LogP contribution in [0.15, 0.2) is 24.3 Å². The van der Waals surface area contributed by atoms with Crippen LogP contribution < -0.4 is 5.32 Å². The molecule has 15 heavy (non-hydrogen) atoms. The molecular weight excluding hydrogens is 236 g/mol. The van der Waals surface area contributed by atoms with E-state index in [2.05, 4.69) is 5.32 Å². The number of hydrogen-bond acceptors (Lipinski definition) is 1. The molecule has 1 N–H and O–H groups in total. The lowest BCUT2D eigenvalue weighted by molar-refractivity contribution is 0.224. The van der Waals surface area contributed by atoms with Gasteiger partial charge in [-0.15, -0.1) is 12.4 Å². The van der Waals surface area contributed by atoms with Crippen molar-refractivity contribution in [3.63, 3.8) is 0 Å². The normalized spacial score (nSPS) is 25.7. The van der Waals surface area contributed by atoms with Crippen molar-refractivity contribution in [2.24, 2.45) is 0 Å². The molecule has 0 radical (unpaired) electrons. The number of benzene rings is 1. The summed E-state index contributed by atoms with van der Waals surface area (Å²) in [5, 5.41) is 4.00. The SMILES string of the molecule is Cl.FC1CCNC(c2ccccc2Cl)C1. The van der Waals surface area contributed by atoms with Gasteiger partial charge in [0.2, 0.25) is 0 Å². The van der Waals surface area contributed by atoms with Crippen LogP contribution in [0, 0.1) is 0 Å². The minimum absolute atomic E-state index is 0. The predicted molar refractivity (Wildman–Crippen MR) is 63.6 cm³/mol. The molecule has 4 heteroatoms. The van der Waals surface area contributed by atoms with Gasteiger partial charge < -0.3 is 5.32 Å². The average molecular weight is 250 g/mol. The van der Waals surface area contributed by atoms with E-state index in [9.17, 15) is 4.39 Å². The Morgan fingerprint density at radius 2 is 2.07 bits per heavy atom. The highest BCUT2D eigenvalue weighted by Gasteiger charge is 2.23. The van der Waals surface area contributed by atoms with Gasteiger partial charge in [-0.1, -0.05) is 29.8 Å². The van der Waals surface area contributed by atoms with Crippen molar-refractivity contribution in [2.75, 3.05) is 6.54 Å². The predicted octanol–water partition coefficient (Wildman–Crippen LogP) is 3.52. The van der Waals surface area contributed by atoms with Crippen LogP contribution in [0.3, 0.4) is 0 Å². The van der Waals surface area contributed by atoms with Crippen molar-refractivity contribution >= 4 is 24.0 Å². The van der Waals surface area contributed by atoms with Gasteiger partial charge >= 0.3 is 0 Å². The van der Waals surface area contributed by atoms with Crippen LogP contribution in [-0.2, 0) is 0 Å². The molecule has 0 bridgehead atoms. The Morgan fingerprint density at radius 3 is 2.73 bits per heavy atom. The second-order valence-electron chi connectivity index (χ2n) is 3.65. The third kappa shape index (κ3) is 3.07. The summed E-state index contributed by atoms with van der Waals surface area (Å²) in [6.07, 6.45) is 0.447. The number of hydrogen-bond donors (Lipinski definition) is 1. The summed E-state index contributed by atoms with van der Waals surface area (Å²) in [4.78, 5) is 0. The minimum Gasteiger partial charge on any atom is -0.310 e. The van der Waals surface area contributed by atoms with Crippen LogP contribution in [0.2, 0.25) is 5.02 Å². The van der Waals surface area contributed by atoms with E-state index >= 15 is 0 Å². The molecule has 0 saturated carbocycles. The molecule has 1 aliphatic rings. The molecule has 0 aliphatic carbocycles. The fraction of sp³-hybridized carbons (Fsp3) is 0.455. The topological polar surface area (TPSA) is 12.0 Å². The first kappa shape index (κ1) is 12.8. The molecule has 1 fully saturated rings. The lowest BCUT2D eigenvalue weighted by Gasteiger charge is -2.27. The van der Waals surface area contributed by atoms with Crippen molar-refractivity contribution in [1.29, 1.82) is 0 Å². The van der Waals surface area contributed by atoms with Crippen molar-refractivity contribution in [1.82, 2.24) is 5.32 Å². The van der Waals surface area contributed by atoms with Crippen molar-refractivity contribution < 1.29 is 4.39 Å². The summed E-state index contributed by atoms with van der Waals surface area (Å²) in [6.45, 7) is 0.733. The van der Waals surface area contributed by atoms with E-state index < -0.39 is 6.17 Å². The van der Waals surface area contributed by atoms with Crippen LogP contribution in [0.4, 0.5) is 4.39 Å². The number of halogens is 3. The number of nitrogens with one attached hydrogen (secondary N) is 1. The second-order valence-corrected chi connectivity index (χ2v) is 4.06. The highest BCUT2D eigenvalue weighted by Crippen LogP contribution is 2.29. The van der Waals surface area contributed by atoms with Crippen molar-refractivity contribution in [3.8, 4) is 0 Å². The van der Waals surface area contributed by atoms with E-state index in [1.165, 1.54) is 0 Å². The Labute approximate surface area is 100 Å². The van der Waals surface area contributed by atoms with E-state index in [-0.39, 0.29) is 18.4 Å². The third-order valence-electron chi connectivity index (χ3n) is 2.62. The van der Waals surface area contributed by atoms with Crippen LogP contribution in [0.25, 0.3) is 0 Å². The van der Waals surface area contributed by atoms with E-state index in [0.29, 0.717) is 12.8 Å². The smallest absolute Gasteiger partial charge is 0.103 e. The van der Waals surface area contributed by atoms with Gasteiger partial charge in [0.15, 0.2) is 0 Å². The fourth-order valence-corrected chi connectivity index (χ4v) is 2.13. The molecule has 0 spiro atoms. The summed E-state index contributed by atoms with van der Waals surface area (Å²) in [5.41, 5.74) is 1.01. The Morgan fingerprint density at radius 1 is 1.33 bits per heavy atom. The Balaban J connectivity index is 0.00000112. The minimum atomic E-state index is -0.697. The maximum absolute atomic E-state index is 13.2. The zero-order valence-electron chi connectivity index (χ0n) is 8.25. The van der Waals surface area contributed by atoms with Gasteiger partial charge in [0.05, 0.1) is 0 Å². The van der Waals surface area contributed by atoms with Crippen LogP contribution in [-0.4, -0.2) is 12.7 Å². The summed E-state index contributed by atoms with van der Waals surface area (Å²) >= 11 is 6.04. The first-order chi connectivity index (χ1) is 6.77. The van der Waals surface area contributed by atoms with Gasteiger partial charge in [-0.2, -0.15) is 0 Å². The van der Waals surface area contributed by atoms with Gasteiger partial charge in [0.25, 0.3) is 0 Å². The highest BCUT2D eigenvalue weighted by atomic mass is 35.5. The van der Waals surface area contributed by atoms with E-state index in [0.717, 1.165) is 17.1 Å². The maximum Gasteiger partial charge on any atom is 0.103 e. The standard InChI is InChI=1S/C11H13ClFN.ClH/c12-10-4-2-1-3-9(10)11-7-8(13)5-6-14-11;/h1-4,8,11,14H,5-7H2;1H. The quantitative estimate of drug-likeness (QED) is 0.804. The molecule has 1 aromatic rings. The molecule has 1 aromatic carbocycles. The van der Waals surface area contributed by atoms with Gasteiger partial charge in [-0.3, -0.25) is 0 Å². The number of rotatable bonds is 1. The lowest BCUT2D eigenvalue weighted by Crippen LogP contribution is -2.32. The van der Waals surface area contributed by atoms with E-state index in [1.54, 1.807) is 0 Å². The molecule has 0 amide bonds. The molecule has 2 rings (SSSR count). The Kier molecular flexibility index (Phi) is 4.84. The second kappa shape index (κ2) is 5.69. The monoisotopic (exact) mass is 249 g/mol. The first-order valence-corrected chi connectivity index (χ1v) is 5.27. The molecule has 1 saturated heterocycles. The largest absolute Gasteiger partial charge is 0.310 e. The molecular formula is C11H14Cl2FN. The number of alkyl halides is 1. The fourth-order valence-electron chi connectivity index (χ4n) is 1.87. The molecule has 1 nitrogen and oxygen atoms in total. The molecule has 0 aromatic heterocycles. The molecule has 84 valence electrons. The van der Waals surface area contributed by atoms with Crippen molar-refractivity contribution in [3.05, 3.63) is 34.9 Å². The zero-order valence-corrected chi connectivity index (χ0v) is 9.82. The van der Waals surface area contributed by atoms with E-state index in [4.69, 9.17) is 11.6 Å². The molecule has 2 atom stereocenters. The van der Waals surface area contributed by atoms with Crippen molar-refractivity contribution in [2.45, 2.75) is 25.1 Å². The summed E-state index contributed by atoms with van der Waals surface area (Å²) in [5.74, 6) is 0. The summed E-state index contributed by atoms with van der Waals surface area (Å²) < 4.78 is 13.2. The summed E-state index contributed by atoms with van der Waals surface area (Å²) in [6, 6.07) is 7.71.